The molecule has 0 spiro atoms. The first-order valence-corrected chi connectivity index (χ1v) is 6.61. The fraction of sp³-hybridized carbons (Fsp3) is 0.118. The van der Waals surface area contributed by atoms with Crippen LogP contribution in [0.1, 0.15) is 11.1 Å². The molecule has 3 rings (SSSR count). The van der Waals surface area contributed by atoms with E-state index >= 15 is 0 Å². The first-order chi connectivity index (χ1) is 9.66. The summed E-state index contributed by atoms with van der Waals surface area (Å²) in [5, 5.41) is 2.91. The predicted octanol–water partition coefficient (Wildman–Crippen LogP) is 3.45. The molecule has 1 heterocycles. The van der Waals surface area contributed by atoms with Crippen LogP contribution in [0.3, 0.4) is 0 Å². The van der Waals surface area contributed by atoms with Crippen molar-refractivity contribution < 1.29 is 0 Å². The molecule has 0 saturated carbocycles. The van der Waals surface area contributed by atoms with E-state index in [2.05, 4.69) is 5.10 Å². The second kappa shape index (κ2) is 4.85. The third kappa shape index (κ3) is 2.07. The monoisotopic (exact) mass is 264 g/mol. The lowest BCUT2D eigenvalue weighted by Gasteiger charge is -2.09. The topological polar surface area (TPSA) is 37.8 Å². The van der Waals surface area contributed by atoms with Crippen molar-refractivity contribution in [3.05, 3.63) is 76.1 Å². The minimum absolute atomic E-state index is 0.0515. The van der Waals surface area contributed by atoms with Gasteiger partial charge in [-0.3, -0.25) is 14.6 Å². The van der Waals surface area contributed by atoms with Crippen LogP contribution in [0.2, 0.25) is 0 Å². The van der Waals surface area contributed by atoms with Gasteiger partial charge in [0.1, 0.15) is 0 Å². The van der Waals surface area contributed by atoms with E-state index in [0.717, 1.165) is 22.5 Å². The van der Waals surface area contributed by atoms with E-state index in [1.807, 2.05) is 73.1 Å². The predicted molar refractivity (Wildman–Crippen MR) is 81.3 cm³/mol. The van der Waals surface area contributed by atoms with Crippen LogP contribution in [-0.2, 0) is 0 Å². The number of aryl methyl sites for hydroxylation is 1. The van der Waals surface area contributed by atoms with E-state index in [9.17, 15) is 4.79 Å². The van der Waals surface area contributed by atoms with Crippen molar-refractivity contribution in [1.29, 1.82) is 0 Å². The number of nitrogens with zero attached hydrogens (tertiary/aromatic N) is 1. The van der Waals surface area contributed by atoms with E-state index in [4.69, 9.17) is 0 Å². The minimum atomic E-state index is -0.0515. The molecular formula is C17H16N2O. The summed E-state index contributed by atoms with van der Waals surface area (Å²) in [6.45, 7) is 3.90. The number of H-pyrrole nitrogens is 1. The minimum Gasteiger partial charge on any atom is -0.268 e. The molecular weight excluding hydrogens is 248 g/mol. The van der Waals surface area contributed by atoms with Gasteiger partial charge in [0, 0.05) is 11.1 Å². The number of aromatic amines is 1. The van der Waals surface area contributed by atoms with Crippen LogP contribution in [-0.4, -0.2) is 9.78 Å². The van der Waals surface area contributed by atoms with E-state index in [1.165, 1.54) is 5.56 Å². The Balaban J connectivity index is 2.25. The molecule has 0 aliphatic heterocycles. The van der Waals surface area contributed by atoms with Gasteiger partial charge in [-0.1, -0.05) is 48.0 Å². The second-order valence-electron chi connectivity index (χ2n) is 4.95. The Morgan fingerprint density at radius 3 is 2.20 bits per heavy atom. The van der Waals surface area contributed by atoms with Crippen LogP contribution < -0.4 is 5.56 Å². The summed E-state index contributed by atoms with van der Waals surface area (Å²) in [7, 11) is 0. The Kier molecular flexibility index (Phi) is 3.03. The molecule has 0 radical (unpaired) electrons. The first-order valence-electron chi connectivity index (χ1n) is 6.61. The smallest absolute Gasteiger partial charge is 0.267 e. The van der Waals surface area contributed by atoms with E-state index in [0.29, 0.717) is 0 Å². The summed E-state index contributed by atoms with van der Waals surface area (Å²) in [5.74, 6) is 0. The zero-order valence-electron chi connectivity index (χ0n) is 11.6. The molecule has 0 aliphatic carbocycles. The second-order valence-corrected chi connectivity index (χ2v) is 4.95. The van der Waals surface area contributed by atoms with E-state index in [-0.39, 0.29) is 5.56 Å². The van der Waals surface area contributed by atoms with Crippen molar-refractivity contribution in [3.63, 3.8) is 0 Å². The summed E-state index contributed by atoms with van der Waals surface area (Å²) in [5.41, 5.74) is 4.78. The van der Waals surface area contributed by atoms with E-state index < -0.39 is 0 Å². The van der Waals surface area contributed by atoms with Gasteiger partial charge in [0.2, 0.25) is 0 Å². The Bertz CT molecular complexity index is 780. The molecule has 20 heavy (non-hydrogen) atoms. The zero-order valence-corrected chi connectivity index (χ0v) is 11.6. The van der Waals surface area contributed by atoms with Gasteiger partial charge >= 0.3 is 0 Å². The SMILES string of the molecule is Cc1ccc(-n2[nH]c(=O)c(C)c2-c2ccccc2)cc1. The largest absolute Gasteiger partial charge is 0.268 e. The van der Waals surface area contributed by atoms with Crippen molar-refractivity contribution in [2.45, 2.75) is 13.8 Å². The Hall–Kier alpha value is -2.55. The van der Waals surface area contributed by atoms with Crippen molar-refractivity contribution in [3.8, 4) is 16.9 Å². The van der Waals surface area contributed by atoms with Crippen molar-refractivity contribution in [2.75, 3.05) is 0 Å². The molecule has 0 amide bonds. The van der Waals surface area contributed by atoms with Gasteiger partial charge in [-0.25, -0.2) is 0 Å². The van der Waals surface area contributed by atoms with Crippen molar-refractivity contribution in [2.24, 2.45) is 0 Å². The molecule has 2 aromatic carbocycles. The van der Waals surface area contributed by atoms with Gasteiger partial charge in [-0.2, -0.15) is 0 Å². The van der Waals surface area contributed by atoms with Crippen LogP contribution >= 0.6 is 0 Å². The number of hydrogen-bond donors (Lipinski definition) is 1. The standard InChI is InChI=1S/C17H16N2O/c1-12-8-10-15(11-9-12)19-16(13(2)17(20)18-19)14-6-4-3-5-7-14/h3-11H,1-2H3,(H,18,20). The maximum Gasteiger partial charge on any atom is 0.267 e. The molecule has 1 N–H and O–H groups in total. The lowest BCUT2D eigenvalue weighted by atomic mass is 10.1. The van der Waals surface area contributed by atoms with Gasteiger partial charge in [0.15, 0.2) is 0 Å². The molecule has 0 saturated heterocycles. The highest BCUT2D eigenvalue weighted by Gasteiger charge is 2.13. The maximum absolute atomic E-state index is 12.0. The molecule has 1 aromatic heterocycles. The summed E-state index contributed by atoms with van der Waals surface area (Å²) < 4.78 is 1.85. The number of nitrogens with one attached hydrogen (secondary N) is 1. The van der Waals surface area contributed by atoms with E-state index in [1.54, 1.807) is 0 Å². The van der Waals surface area contributed by atoms with Gasteiger partial charge in [0.05, 0.1) is 11.4 Å². The Labute approximate surface area is 117 Å². The average Bonchev–Trinajstić information content (AvgIpc) is 2.77. The molecule has 3 nitrogen and oxygen atoms in total. The molecule has 0 fully saturated rings. The van der Waals surface area contributed by atoms with Gasteiger partial charge in [-0.05, 0) is 26.0 Å². The maximum atomic E-state index is 12.0. The van der Waals surface area contributed by atoms with Gasteiger partial charge < -0.3 is 0 Å². The lowest BCUT2D eigenvalue weighted by Crippen LogP contribution is -2.05. The van der Waals surface area contributed by atoms with Crippen molar-refractivity contribution >= 4 is 0 Å². The quantitative estimate of drug-likeness (QED) is 0.756. The molecule has 3 aromatic rings. The molecule has 0 bridgehead atoms. The molecule has 0 aliphatic rings. The third-order valence-electron chi connectivity index (χ3n) is 3.47. The molecule has 0 unspecified atom stereocenters. The highest BCUT2D eigenvalue weighted by Crippen LogP contribution is 2.23. The summed E-state index contributed by atoms with van der Waals surface area (Å²) in [6.07, 6.45) is 0. The fourth-order valence-electron chi connectivity index (χ4n) is 2.35. The Morgan fingerprint density at radius 2 is 1.55 bits per heavy atom. The van der Waals surface area contributed by atoms with Crippen LogP contribution in [0.25, 0.3) is 16.9 Å². The molecule has 3 heteroatoms. The van der Waals surface area contributed by atoms with Crippen LogP contribution in [0.5, 0.6) is 0 Å². The number of hydrogen-bond acceptors (Lipinski definition) is 1. The van der Waals surface area contributed by atoms with Crippen LogP contribution in [0, 0.1) is 13.8 Å². The summed E-state index contributed by atoms with van der Waals surface area (Å²) >= 11 is 0. The number of rotatable bonds is 2. The van der Waals surface area contributed by atoms with Crippen LogP contribution in [0.15, 0.2) is 59.4 Å². The Morgan fingerprint density at radius 1 is 0.900 bits per heavy atom. The average molecular weight is 264 g/mol. The van der Waals surface area contributed by atoms with Crippen LogP contribution in [0.4, 0.5) is 0 Å². The highest BCUT2D eigenvalue weighted by molar-refractivity contribution is 5.65. The lowest BCUT2D eigenvalue weighted by molar-refractivity contribution is 0.870. The number of benzene rings is 2. The highest BCUT2D eigenvalue weighted by atomic mass is 16.1. The van der Waals surface area contributed by atoms with Crippen molar-refractivity contribution in [1.82, 2.24) is 9.78 Å². The zero-order chi connectivity index (χ0) is 14.1. The molecule has 0 atom stereocenters. The number of aromatic nitrogens is 2. The van der Waals surface area contributed by atoms with Gasteiger partial charge in [-0.15, -0.1) is 0 Å². The fourth-order valence-corrected chi connectivity index (χ4v) is 2.35. The summed E-state index contributed by atoms with van der Waals surface area (Å²) in [6, 6.07) is 18.1. The summed E-state index contributed by atoms with van der Waals surface area (Å²) in [4.78, 5) is 12.0. The molecule has 100 valence electrons. The normalized spacial score (nSPS) is 10.7. The third-order valence-corrected chi connectivity index (χ3v) is 3.47. The van der Waals surface area contributed by atoms with Gasteiger partial charge in [0.25, 0.3) is 5.56 Å². The first kappa shape index (κ1) is 12.5.